The maximum atomic E-state index is 15.7. The SMILES string of the molecule is CC(C)C[C@@H](N[C@@H](C(=O)N[C@@H](C(=O)N(C)[C@H](C(=O)N[C@@H](Cc1ccc(C(F)F)cc1)C(=O)N(C)[C@@H](CC(C)C)C(N)=O)C(C)C)C(C)C)C(=O)N1CCCCC1)N(C)C(=O)[C@H](Cc1ccccc1)N(C)C(=O)[C@@H](CNC(=O)[C@H](CC(C)C)N(C)C(=O)N(C)C(=O)[C@@H](C)[C@@H](C)O)COC(C)(C)C. The Labute approximate surface area is 598 Å². The van der Waals surface area contributed by atoms with Crippen molar-refractivity contribution in [2.24, 2.45) is 47.2 Å². The highest BCUT2D eigenvalue weighted by Gasteiger charge is 2.44. The minimum Gasteiger partial charge on any atom is -0.393 e. The molecular weight excluding hydrogens is 1300 g/mol. The fraction of sp³-hybridized carbons (Fsp3) is 0.689. The Hall–Kier alpha value is -7.65. The number of amides is 12. The summed E-state index contributed by atoms with van der Waals surface area (Å²) in [6.07, 6.45) is -2.44. The van der Waals surface area contributed by atoms with Crippen LogP contribution < -0.4 is 27.0 Å². The fourth-order valence-electron chi connectivity index (χ4n) is 12.2. The number of nitrogens with one attached hydrogen (secondary N) is 4. The highest BCUT2D eigenvalue weighted by molar-refractivity contribution is 6.06. The van der Waals surface area contributed by atoms with Crippen LogP contribution in [-0.4, -0.2) is 233 Å². The van der Waals surface area contributed by atoms with Crippen molar-refractivity contribution in [1.29, 1.82) is 0 Å². The van der Waals surface area contributed by atoms with Gasteiger partial charge in [0.2, 0.25) is 59.1 Å². The zero-order chi connectivity index (χ0) is 76.8. The number of piperidine rings is 1. The predicted molar refractivity (Wildman–Crippen MR) is 383 cm³/mol. The molecule has 25 nitrogen and oxygen atoms in total. The van der Waals surface area contributed by atoms with E-state index in [1.54, 1.807) is 83.7 Å². The quantitative estimate of drug-likeness (QED) is 0.0334. The largest absolute Gasteiger partial charge is 0.393 e. The zero-order valence-electron chi connectivity index (χ0n) is 63.8. The van der Waals surface area contributed by atoms with Crippen molar-refractivity contribution in [3.63, 3.8) is 0 Å². The Morgan fingerprint density at radius 1 is 0.574 bits per heavy atom. The standard InChI is InChI=1S/C74H120F2N12O13/c1-43(2)36-55(63(77)90)82(16)69(96)54(39-51-30-32-52(33-31-51)62(75)76)79-66(93)61(47(9)10)86(20)71(98)59(46(7)8)81-65(92)60(72(99)88-34-26-23-27-35-88)80-58(38-45(5)6)85(19)70(97)57(40-50-28-24-22-25-29-50)83(17)68(95)53(42-101-74(13,14)15)41-78-64(91)56(37-44(3)4)84(18)73(100)87(21)67(94)48(11)49(12)89/h22,24-25,28-33,43-49,53-62,80,89H,23,26-27,34-42H2,1-21H3,(H2,77,90)(H,78,91)(H,79,93)(H,81,92)/t48-,49+,53-,54-,55-,56-,57-,58-,59+,60-,61-/m0/s1. The van der Waals surface area contributed by atoms with Crippen molar-refractivity contribution >= 4 is 65.1 Å². The Morgan fingerprint density at radius 2 is 1.11 bits per heavy atom. The van der Waals surface area contributed by atoms with Crippen LogP contribution in [0.2, 0.25) is 0 Å². The van der Waals surface area contributed by atoms with E-state index in [9.17, 15) is 42.7 Å². The van der Waals surface area contributed by atoms with Crippen LogP contribution in [0.1, 0.15) is 165 Å². The number of nitrogens with two attached hydrogens (primary N) is 1. The third-order valence-electron chi connectivity index (χ3n) is 18.5. The number of alkyl halides is 2. The minimum absolute atomic E-state index is 0.0136. The van der Waals surface area contributed by atoms with Crippen LogP contribution in [-0.2, 0) is 65.5 Å². The maximum Gasteiger partial charge on any atom is 0.326 e. The summed E-state index contributed by atoms with van der Waals surface area (Å²) >= 11 is 0. The van der Waals surface area contributed by atoms with Gasteiger partial charge in [-0.25, -0.2) is 13.6 Å². The summed E-state index contributed by atoms with van der Waals surface area (Å²) < 4.78 is 33.5. The molecular formula is C74H120F2N12O13. The van der Waals surface area contributed by atoms with E-state index in [4.69, 9.17) is 10.5 Å². The molecule has 0 saturated carbocycles. The summed E-state index contributed by atoms with van der Waals surface area (Å²) in [7, 11) is 8.42. The van der Waals surface area contributed by atoms with Gasteiger partial charge in [0.1, 0.15) is 36.3 Å². The molecule has 7 N–H and O–H groups in total. The van der Waals surface area contributed by atoms with Crippen molar-refractivity contribution in [3.05, 3.63) is 71.3 Å². The number of aliphatic hydroxyl groups excluding tert-OH is 1. The average molecular weight is 1420 g/mol. The molecule has 27 heteroatoms. The number of nitrogens with zero attached hydrogens (tertiary/aromatic N) is 7. The molecule has 0 radical (unpaired) electrons. The van der Waals surface area contributed by atoms with Crippen LogP contribution in [0.3, 0.4) is 0 Å². The van der Waals surface area contributed by atoms with Gasteiger partial charge in [-0.05, 0) is 107 Å². The predicted octanol–water partition coefficient (Wildman–Crippen LogP) is 5.99. The summed E-state index contributed by atoms with van der Waals surface area (Å²) in [4.78, 5) is 169. The molecule has 1 saturated heterocycles. The number of hydrogen-bond donors (Lipinski definition) is 6. The number of ether oxygens (including phenoxy) is 1. The van der Waals surface area contributed by atoms with E-state index in [0.29, 0.717) is 37.1 Å². The molecule has 1 heterocycles. The summed E-state index contributed by atoms with van der Waals surface area (Å²) in [5.41, 5.74) is 5.85. The van der Waals surface area contributed by atoms with Crippen molar-refractivity contribution in [2.45, 2.75) is 222 Å². The third kappa shape index (κ3) is 26.3. The number of halogens is 2. The number of hydrogen-bond acceptors (Lipinski definition) is 14. The van der Waals surface area contributed by atoms with E-state index >= 15 is 24.0 Å². The number of carbonyl (C=O) groups excluding carboxylic acids is 11. The number of likely N-dealkylation sites (tertiary alicyclic amines) is 1. The van der Waals surface area contributed by atoms with Gasteiger partial charge in [0.15, 0.2) is 6.04 Å². The first-order valence-corrected chi connectivity index (χ1v) is 35.5. The number of benzene rings is 2. The number of aliphatic hydroxyl groups is 1. The van der Waals surface area contributed by atoms with Gasteiger partial charge < -0.3 is 60.9 Å². The summed E-state index contributed by atoms with van der Waals surface area (Å²) in [5, 5.41) is 21.9. The molecule has 3 rings (SSSR count). The number of carbonyl (C=O) groups is 11. The molecule has 12 amide bonds. The first-order chi connectivity index (χ1) is 46.9. The van der Waals surface area contributed by atoms with Crippen molar-refractivity contribution in [2.75, 3.05) is 68.5 Å². The normalized spacial score (nSPS) is 16.0. The molecule has 101 heavy (non-hydrogen) atoms. The monoisotopic (exact) mass is 1420 g/mol. The number of likely N-dealkylation sites (N-methyl/N-ethyl adjacent to an activating group) is 5. The van der Waals surface area contributed by atoms with Gasteiger partial charge in [-0.1, -0.05) is 131 Å². The second-order valence-electron chi connectivity index (χ2n) is 30.2. The van der Waals surface area contributed by atoms with Crippen LogP contribution in [0.25, 0.3) is 0 Å². The van der Waals surface area contributed by atoms with Crippen molar-refractivity contribution in [3.8, 4) is 0 Å². The van der Waals surface area contributed by atoms with Gasteiger partial charge >= 0.3 is 6.03 Å². The Morgan fingerprint density at radius 3 is 1.60 bits per heavy atom. The van der Waals surface area contributed by atoms with Crippen LogP contribution >= 0.6 is 0 Å². The Bertz CT molecular complexity index is 3070. The molecule has 0 aliphatic carbocycles. The second kappa shape index (κ2) is 40.3. The highest BCUT2D eigenvalue weighted by Crippen LogP contribution is 2.25. The maximum absolute atomic E-state index is 15.7. The van der Waals surface area contributed by atoms with Gasteiger partial charge in [0.25, 0.3) is 6.43 Å². The number of rotatable bonds is 37. The lowest BCUT2D eigenvalue weighted by Crippen LogP contribution is -2.65. The number of primary amides is 1. The number of imide groups is 1. The molecule has 1 aliphatic heterocycles. The van der Waals surface area contributed by atoms with Crippen LogP contribution in [0.4, 0.5) is 13.6 Å². The molecule has 2 aromatic rings. The van der Waals surface area contributed by atoms with E-state index in [1.807, 2.05) is 41.5 Å². The molecule has 0 bridgehead atoms. The van der Waals surface area contributed by atoms with Crippen LogP contribution in [0.15, 0.2) is 54.6 Å². The van der Waals surface area contributed by atoms with Gasteiger partial charge in [-0.15, -0.1) is 0 Å². The molecule has 2 aromatic carbocycles. The number of urea groups is 1. The first-order valence-electron chi connectivity index (χ1n) is 35.5. The highest BCUT2D eigenvalue weighted by atomic mass is 19.3. The minimum atomic E-state index is -2.77. The van der Waals surface area contributed by atoms with Gasteiger partial charge in [-0.2, -0.15) is 0 Å². The molecule has 0 unspecified atom stereocenters. The Balaban J connectivity index is 2.13. The van der Waals surface area contributed by atoms with E-state index in [0.717, 1.165) is 26.0 Å². The van der Waals surface area contributed by atoms with E-state index < -0.39 is 155 Å². The van der Waals surface area contributed by atoms with Gasteiger partial charge in [0, 0.05) is 80.3 Å². The van der Waals surface area contributed by atoms with Gasteiger partial charge in [-0.3, -0.25) is 58.2 Å². The van der Waals surface area contributed by atoms with E-state index in [2.05, 4.69) is 21.3 Å². The summed E-state index contributed by atoms with van der Waals surface area (Å²) in [5.74, 6) is -10.7. The molecule has 0 aromatic heterocycles. The molecule has 568 valence electrons. The molecule has 0 spiro atoms. The lowest BCUT2D eigenvalue weighted by atomic mass is 9.96. The average Bonchev–Trinajstić information content (AvgIpc) is 0.819. The Kier molecular flexibility index (Phi) is 34.9. The van der Waals surface area contributed by atoms with Crippen LogP contribution in [0, 0.1) is 41.4 Å². The van der Waals surface area contributed by atoms with Crippen molar-refractivity contribution in [1.82, 2.24) is 55.6 Å². The summed E-state index contributed by atoms with van der Waals surface area (Å²) in [6, 6.07) is 4.22. The lowest BCUT2D eigenvalue weighted by molar-refractivity contribution is -0.151. The first kappa shape index (κ1) is 87.6. The topological polar surface area (TPSA) is 314 Å². The smallest absolute Gasteiger partial charge is 0.326 e. The van der Waals surface area contributed by atoms with Crippen molar-refractivity contribution < 1.29 is 71.4 Å². The fourth-order valence-corrected chi connectivity index (χ4v) is 12.2. The molecule has 11 atom stereocenters. The van der Waals surface area contributed by atoms with E-state index in [-0.39, 0.29) is 68.6 Å². The molecule has 1 fully saturated rings. The van der Waals surface area contributed by atoms with Crippen LogP contribution in [0.5, 0.6) is 0 Å². The third-order valence-corrected chi connectivity index (χ3v) is 18.5. The lowest BCUT2D eigenvalue weighted by Gasteiger charge is -2.39. The zero-order valence-corrected chi connectivity index (χ0v) is 63.8. The van der Waals surface area contributed by atoms with E-state index in [1.165, 1.54) is 90.2 Å². The summed E-state index contributed by atoms with van der Waals surface area (Å²) in [6.45, 7) is 26.4. The van der Waals surface area contributed by atoms with Gasteiger partial charge in [0.05, 0.1) is 36.3 Å². The second-order valence-corrected chi connectivity index (χ2v) is 30.2. The molecule has 1 aliphatic rings.